The minimum absolute atomic E-state index is 0.346. The zero-order valence-electron chi connectivity index (χ0n) is 17.5. The van der Waals surface area contributed by atoms with Crippen molar-refractivity contribution in [1.82, 2.24) is 0 Å². The van der Waals surface area contributed by atoms with Crippen molar-refractivity contribution in [2.45, 2.75) is 38.8 Å². The van der Waals surface area contributed by atoms with Crippen LogP contribution < -0.4 is 0 Å². The number of carbonyl (C=O) groups is 1. The van der Waals surface area contributed by atoms with Crippen LogP contribution in [0.1, 0.15) is 37.5 Å². The van der Waals surface area contributed by atoms with E-state index in [1.165, 1.54) is 0 Å². The molecule has 3 nitrogen and oxygen atoms in total. The predicted octanol–water partition coefficient (Wildman–Crippen LogP) is 6.13. The molecule has 1 unspecified atom stereocenters. The van der Waals surface area contributed by atoms with Crippen LogP contribution in [0.25, 0.3) is 0 Å². The van der Waals surface area contributed by atoms with E-state index in [1.54, 1.807) is 0 Å². The monoisotopic (exact) mass is 419 g/mol. The number of benzene rings is 3. The number of aliphatic imine (C=N–C) groups is 1. The van der Waals surface area contributed by atoms with Gasteiger partial charge in [-0.3, -0.25) is 4.99 Å². The maximum absolute atomic E-state index is 13.1. The van der Waals surface area contributed by atoms with Gasteiger partial charge in [0.1, 0.15) is 5.60 Å². The maximum Gasteiger partial charge on any atom is 0.331 e. The van der Waals surface area contributed by atoms with Crippen molar-refractivity contribution < 1.29 is 9.53 Å². The summed E-state index contributed by atoms with van der Waals surface area (Å²) in [6.07, 6.45) is 0.426. The van der Waals surface area contributed by atoms with Gasteiger partial charge in [0.05, 0.1) is 5.71 Å². The van der Waals surface area contributed by atoms with E-state index in [9.17, 15) is 4.79 Å². The number of rotatable bonds is 6. The first kappa shape index (κ1) is 21.8. The van der Waals surface area contributed by atoms with Gasteiger partial charge in [-0.1, -0.05) is 84.4 Å². The van der Waals surface area contributed by atoms with Gasteiger partial charge in [0.15, 0.2) is 6.04 Å². The van der Waals surface area contributed by atoms with Crippen molar-refractivity contribution in [1.29, 1.82) is 0 Å². The average Bonchev–Trinajstić information content (AvgIpc) is 2.72. The Morgan fingerprint density at radius 3 is 1.83 bits per heavy atom. The third-order valence-corrected chi connectivity index (χ3v) is 4.65. The fraction of sp³-hybridized carbons (Fsp3) is 0.231. The molecule has 0 aliphatic carbocycles. The van der Waals surface area contributed by atoms with E-state index in [2.05, 4.69) is 0 Å². The number of carbonyl (C=O) groups excluding carboxylic acids is 1. The summed E-state index contributed by atoms with van der Waals surface area (Å²) in [6.45, 7) is 5.59. The molecule has 3 aromatic rings. The summed E-state index contributed by atoms with van der Waals surface area (Å²) >= 11 is 6.02. The molecule has 0 aliphatic heterocycles. The summed E-state index contributed by atoms with van der Waals surface area (Å²) in [4.78, 5) is 18.0. The van der Waals surface area contributed by atoms with Gasteiger partial charge < -0.3 is 4.74 Å². The number of nitrogens with zero attached hydrogens (tertiary/aromatic N) is 1. The smallest absolute Gasteiger partial charge is 0.331 e. The summed E-state index contributed by atoms with van der Waals surface area (Å²) in [5, 5.41) is 0.658. The molecular weight excluding hydrogens is 394 g/mol. The lowest BCUT2D eigenvalue weighted by Crippen LogP contribution is -2.33. The molecule has 0 saturated carbocycles. The second-order valence-electron chi connectivity index (χ2n) is 8.09. The third kappa shape index (κ3) is 6.30. The quantitative estimate of drug-likeness (QED) is 0.356. The van der Waals surface area contributed by atoms with E-state index in [0.29, 0.717) is 11.4 Å². The van der Waals surface area contributed by atoms with Crippen LogP contribution in [0.5, 0.6) is 0 Å². The Morgan fingerprint density at radius 2 is 1.37 bits per heavy atom. The maximum atomic E-state index is 13.1. The van der Waals surface area contributed by atoms with Gasteiger partial charge in [0.2, 0.25) is 0 Å². The Labute approximate surface area is 183 Å². The van der Waals surface area contributed by atoms with Gasteiger partial charge in [-0.25, -0.2) is 4.79 Å². The molecule has 0 spiro atoms. The van der Waals surface area contributed by atoms with Crippen LogP contribution in [0, 0.1) is 0 Å². The second kappa shape index (κ2) is 9.73. The molecule has 3 aromatic carbocycles. The summed E-state index contributed by atoms with van der Waals surface area (Å²) in [6, 6.07) is 26.6. The van der Waals surface area contributed by atoms with Crippen LogP contribution in [0.2, 0.25) is 5.02 Å². The van der Waals surface area contributed by atoms with Gasteiger partial charge in [0.25, 0.3) is 0 Å². The van der Waals surface area contributed by atoms with E-state index < -0.39 is 11.6 Å². The molecule has 0 bridgehead atoms. The highest BCUT2D eigenvalue weighted by atomic mass is 35.5. The molecule has 0 aliphatic rings. The van der Waals surface area contributed by atoms with Crippen molar-refractivity contribution >= 4 is 23.3 Å². The minimum Gasteiger partial charge on any atom is -0.458 e. The molecule has 3 rings (SSSR count). The number of hydrogen-bond acceptors (Lipinski definition) is 3. The zero-order chi connectivity index (χ0) is 21.6. The van der Waals surface area contributed by atoms with Crippen LogP contribution in [0.15, 0.2) is 89.9 Å². The van der Waals surface area contributed by atoms with Crippen molar-refractivity contribution in [3.05, 3.63) is 107 Å². The van der Waals surface area contributed by atoms with Crippen molar-refractivity contribution in [3.8, 4) is 0 Å². The molecule has 0 fully saturated rings. The molecule has 0 heterocycles. The molecule has 0 aromatic heterocycles. The summed E-state index contributed by atoms with van der Waals surface area (Å²) in [5.74, 6) is -0.346. The third-order valence-electron chi connectivity index (χ3n) is 4.40. The topological polar surface area (TPSA) is 38.7 Å². The molecule has 0 amide bonds. The molecule has 0 saturated heterocycles. The first-order valence-corrected chi connectivity index (χ1v) is 10.4. The number of halogens is 1. The van der Waals surface area contributed by atoms with E-state index in [-0.39, 0.29) is 5.97 Å². The van der Waals surface area contributed by atoms with E-state index in [0.717, 1.165) is 22.4 Å². The number of ether oxygens (including phenoxy) is 1. The molecule has 4 heteroatoms. The number of hydrogen-bond donors (Lipinski definition) is 0. The lowest BCUT2D eigenvalue weighted by Gasteiger charge is -2.23. The standard InChI is InChI=1S/C26H26ClNO2/c1-26(2,3)30-25(29)23(18-19-14-16-22(27)17-15-19)28-24(20-10-6-4-7-11-20)21-12-8-5-9-13-21/h4-17,23H,18H2,1-3H3. The van der Waals surface area contributed by atoms with Gasteiger partial charge in [-0.05, 0) is 38.5 Å². The van der Waals surface area contributed by atoms with Gasteiger partial charge in [-0.2, -0.15) is 0 Å². The Balaban J connectivity index is 2.05. The summed E-state index contributed by atoms with van der Waals surface area (Å²) < 4.78 is 5.70. The predicted molar refractivity (Wildman–Crippen MR) is 123 cm³/mol. The van der Waals surface area contributed by atoms with Crippen LogP contribution in [-0.2, 0) is 16.0 Å². The Bertz CT molecular complexity index is 949. The SMILES string of the molecule is CC(C)(C)OC(=O)C(Cc1ccc(Cl)cc1)N=C(c1ccccc1)c1ccccc1. The highest BCUT2D eigenvalue weighted by Gasteiger charge is 2.26. The lowest BCUT2D eigenvalue weighted by atomic mass is 10.0. The van der Waals surface area contributed by atoms with Gasteiger partial charge >= 0.3 is 5.97 Å². The fourth-order valence-electron chi connectivity index (χ4n) is 3.06. The molecule has 30 heavy (non-hydrogen) atoms. The minimum atomic E-state index is -0.680. The zero-order valence-corrected chi connectivity index (χ0v) is 18.3. The Kier molecular flexibility index (Phi) is 7.07. The van der Waals surface area contributed by atoms with E-state index in [1.807, 2.05) is 106 Å². The van der Waals surface area contributed by atoms with Crippen LogP contribution in [0.4, 0.5) is 0 Å². The lowest BCUT2D eigenvalue weighted by molar-refractivity contribution is -0.156. The second-order valence-corrected chi connectivity index (χ2v) is 8.53. The summed E-state index contributed by atoms with van der Waals surface area (Å²) in [5.41, 5.74) is 3.05. The molecule has 1 atom stereocenters. The van der Waals surface area contributed by atoms with Gasteiger partial charge in [-0.15, -0.1) is 0 Å². The van der Waals surface area contributed by atoms with Crippen molar-refractivity contribution in [2.24, 2.45) is 4.99 Å². The highest BCUT2D eigenvalue weighted by Crippen LogP contribution is 2.19. The first-order valence-electron chi connectivity index (χ1n) is 9.98. The van der Waals surface area contributed by atoms with Crippen LogP contribution >= 0.6 is 11.6 Å². The Morgan fingerprint density at radius 1 is 0.867 bits per heavy atom. The fourth-order valence-corrected chi connectivity index (χ4v) is 3.18. The number of esters is 1. The van der Waals surface area contributed by atoms with Crippen molar-refractivity contribution in [2.75, 3.05) is 0 Å². The highest BCUT2D eigenvalue weighted by molar-refractivity contribution is 6.30. The van der Waals surface area contributed by atoms with Crippen molar-refractivity contribution in [3.63, 3.8) is 0 Å². The molecular formula is C26H26ClNO2. The normalized spacial score (nSPS) is 12.1. The average molecular weight is 420 g/mol. The molecule has 0 radical (unpaired) electrons. The van der Waals surface area contributed by atoms with E-state index >= 15 is 0 Å². The first-order chi connectivity index (χ1) is 14.3. The molecule has 0 N–H and O–H groups in total. The van der Waals surface area contributed by atoms with E-state index in [4.69, 9.17) is 21.3 Å². The largest absolute Gasteiger partial charge is 0.458 e. The summed E-state index contributed by atoms with van der Waals surface area (Å²) in [7, 11) is 0. The molecule has 154 valence electrons. The van der Waals surface area contributed by atoms with Crippen LogP contribution in [-0.4, -0.2) is 23.3 Å². The Hall–Kier alpha value is -2.91. The van der Waals surface area contributed by atoms with Crippen LogP contribution in [0.3, 0.4) is 0 Å². The van der Waals surface area contributed by atoms with Gasteiger partial charge in [0, 0.05) is 22.6 Å².